The van der Waals surface area contributed by atoms with E-state index in [-0.39, 0.29) is 17.5 Å². The van der Waals surface area contributed by atoms with E-state index >= 15 is 0 Å². The number of ether oxygens (including phenoxy) is 1. The zero-order valence-corrected chi connectivity index (χ0v) is 27.7. The van der Waals surface area contributed by atoms with Crippen LogP contribution in [0.4, 0.5) is 26.6 Å². The zero-order chi connectivity index (χ0) is 32.8. The summed E-state index contributed by atoms with van der Waals surface area (Å²) in [5.74, 6) is -0.167. The third-order valence-electron chi connectivity index (χ3n) is 8.13. The van der Waals surface area contributed by atoms with E-state index < -0.39 is 18.0 Å². The molecule has 11 heteroatoms. The van der Waals surface area contributed by atoms with Gasteiger partial charge in [-0.1, -0.05) is 47.3 Å². The fourth-order valence-corrected chi connectivity index (χ4v) is 6.53. The molecule has 1 aromatic heterocycles. The lowest BCUT2D eigenvalue weighted by atomic mass is 9.89. The Kier molecular flexibility index (Phi) is 11.0. The van der Waals surface area contributed by atoms with Gasteiger partial charge in [-0.3, -0.25) is 0 Å². The number of rotatable bonds is 11. The Hall–Kier alpha value is -3.92. The largest absolute Gasteiger partial charge is 0.490 e. The van der Waals surface area contributed by atoms with E-state index in [4.69, 9.17) is 27.9 Å². The summed E-state index contributed by atoms with van der Waals surface area (Å²) in [5, 5.41) is 14.4. The average Bonchev–Trinajstić information content (AvgIpc) is 3.01. The van der Waals surface area contributed by atoms with Crippen LogP contribution in [0.2, 0.25) is 10.0 Å². The minimum absolute atomic E-state index is 0.0895. The topological polar surface area (TPSA) is 90.8 Å². The smallest absolute Gasteiger partial charge is 0.413 e. The molecule has 2 N–H and O–H groups in total. The SMILES string of the molecule is Cc1cc(C)c(C(c2cc(Cl)ccc2Cl)N(C(=O)O)c2ccnc(Nc3ccc(OCCCN4CCCCC4)c(F)c3)n2)c(C)c1. The highest BCUT2D eigenvalue weighted by atomic mass is 35.5. The Morgan fingerprint density at radius 2 is 1.78 bits per heavy atom. The highest BCUT2D eigenvalue weighted by Crippen LogP contribution is 2.40. The third-order valence-corrected chi connectivity index (χ3v) is 8.71. The molecule has 2 heterocycles. The molecule has 46 heavy (non-hydrogen) atoms. The van der Waals surface area contributed by atoms with Gasteiger partial charge in [-0.05, 0) is 112 Å². The number of halogens is 3. The molecule has 1 aliphatic heterocycles. The van der Waals surface area contributed by atoms with Crippen LogP contribution in [-0.4, -0.2) is 52.3 Å². The summed E-state index contributed by atoms with van der Waals surface area (Å²) in [6, 6.07) is 14.1. The number of nitrogens with one attached hydrogen (secondary N) is 1. The van der Waals surface area contributed by atoms with Crippen molar-refractivity contribution < 1.29 is 19.0 Å². The van der Waals surface area contributed by atoms with Crippen molar-refractivity contribution in [1.82, 2.24) is 14.9 Å². The van der Waals surface area contributed by atoms with Gasteiger partial charge in [0.15, 0.2) is 11.6 Å². The summed E-state index contributed by atoms with van der Waals surface area (Å²) < 4.78 is 20.7. The van der Waals surface area contributed by atoms with Crippen molar-refractivity contribution in [3.63, 3.8) is 0 Å². The first-order valence-corrected chi connectivity index (χ1v) is 16.2. The summed E-state index contributed by atoms with van der Waals surface area (Å²) in [5.41, 5.74) is 4.48. The van der Waals surface area contributed by atoms with Gasteiger partial charge in [0.05, 0.1) is 12.6 Å². The first-order valence-electron chi connectivity index (χ1n) is 15.4. The van der Waals surface area contributed by atoms with Gasteiger partial charge in [-0.15, -0.1) is 0 Å². The van der Waals surface area contributed by atoms with E-state index in [2.05, 4.69) is 20.2 Å². The van der Waals surface area contributed by atoms with Crippen LogP contribution in [0.25, 0.3) is 0 Å². The van der Waals surface area contributed by atoms with Crippen LogP contribution >= 0.6 is 23.2 Å². The molecule has 5 rings (SSSR count). The fourth-order valence-electron chi connectivity index (χ4n) is 6.13. The Morgan fingerprint density at radius 1 is 1.04 bits per heavy atom. The molecule has 0 spiro atoms. The maximum atomic E-state index is 15.0. The first-order chi connectivity index (χ1) is 22.1. The van der Waals surface area contributed by atoms with Crippen molar-refractivity contribution >= 4 is 46.7 Å². The second kappa shape index (κ2) is 15.1. The van der Waals surface area contributed by atoms with Gasteiger partial charge in [-0.25, -0.2) is 19.1 Å². The Bertz CT molecular complexity index is 1680. The number of carbonyl (C=O) groups is 1. The van der Waals surface area contributed by atoms with Crippen LogP contribution in [0, 0.1) is 26.6 Å². The van der Waals surface area contributed by atoms with E-state index in [9.17, 15) is 14.3 Å². The maximum Gasteiger partial charge on any atom is 0.413 e. The Balaban J connectivity index is 1.39. The predicted octanol–water partition coefficient (Wildman–Crippen LogP) is 9.12. The zero-order valence-electron chi connectivity index (χ0n) is 26.2. The summed E-state index contributed by atoms with van der Waals surface area (Å²) in [6.45, 7) is 9.45. The number of likely N-dealkylation sites (tertiary alicyclic amines) is 1. The van der Waals surface area contributed by atoms with Gasteiger partial charge in [0.2, 0.25) is 5.95 Å². The molecule has 0 saturated carbocycles. The molecular weight excluding hydrogens is 628 g/mol. The first kappa shape index (κ1) is 33.4. The van der Waals surface area contributed by atoms with Crippen LogP contribution in [0.5, 0.6) is 5.75 Å². The van der Waals surface area contributed by atoms with Gasteiger partial charge >= 0.3 is 6.09 Å². The van der Waals surface area contributed by atoms with Gasteiger partial charge in [-0.2, -0.15) is 4.98 Å². The van der Waals surface area contributed by atoms with Crippen molar-refractivity contribution in [1.29, 1.82) is 0 Å². The molecule has 1 fully saturated rings. The fraction of sp³-hybridized carbons (Fsp3) is 0.343. The molecule has 1 aliphatic rings. The number of carboxylic acid groups (broad SMARTS) is 1. The number of hydrogen-bond acceptors (Lipinski definition) is 6. The van der Waals surface area contributed by atoms with Crippen molar-refractivity contribution in [2.45, 2.75) is 52.5 Å². The van der Waals surface area contributed by atoms with Crippen molar-refractivity contribution in [3.05, 3.63) is 104 Å². The van der Waals surface area contributed by atoms with E-state index in [0.717, 1.165) is 53.2 Å². The number of aryl methyl sites for hydroxylation is 3. The van der Waals surface area contributed by atoms with Crippen LogP contribution in [0.1, 0.15) is 59.5 Å². The second-order valence-corrected chi connectivity index (χ2v) is 12.5. The molecule has 3 aromatic carbocycles. The Morgan fingerprint density at radius 3 is 2.48 bits per heavy atom. The number of piperidine rings is 1. The van der Waals surface area contributed by atoms with Gasteiger partial charge in [0.1, 0.15) is 5.82 Å². The van der Waals surface area contributed by atoms with Crippen LogP contribution in [-0.2, 0) is 0 Å². The Labute approximate surface area is 279 Å². The van der Waals surface area contributed by atoms with Gasteiger partial charge in [0.25, 0.3) is 0 Å². The number of hydrogen-bond donors (Lipinski definition) is 2. The molecule has 1 atom stereocenters. The number of benzene rings is 3. The van der Waals surface area contributed by atoms with E-state index in [1.165, 1.54) is 37.6 Å². The molecule has 4 aromatic rings. The van der Waals surface area contributed by atoms with Gasteiger partial charge < -0.3 is 20.1 Å². The minimum atomic E-state index is -1.25. The van der Waals surface area contributed by atoms with E-state index in [1.54, 1.807) is 30.3 Å². The van der Waals surface area contributed by atoms with Crippen LogP contribution in [0.15, 0.2) is 60.8 Å². The highest BCUT2D eigenvalue weighted by Gasteiger charge is 2.33. The standard InChI is InChI=1S/C35H38Cl2FN5O3/c1-22-18-23(2)32(24(3)19-22)33(27-20-25(36)8-10-28(27)37)43(35(44)45)31-12-13-39-34(41-31)40-26-9-11-30(29(38)21-26)46-17-7-16-42-14-5-4-6-15-42/h8-13,18-21,33H,4-7,14-17H2,1-3H3,(H,44,45)(H,39,40,41). The van der Waals surface area contributed by atoms with Gasteiger partial charge in [0, 0.05) is 34.5 Å². The molecule has 0 radical (unpaired) electrons. The molecule has 0 bridgehead atoms. The molecule has 242 valence electrons. The highest BCUT2D eigenvalue weighted by molar-refractivity contribution is 6.33. The third kappa shape index (κ3) is 8.07. The second-order valence-electron chi connectivity index (χ2n) is 11.6. The predicted molar refractivity (Wildman–Crippen MR) is 182 cm³/mol. The molecule has 8 nitrogen and oxygen atoms in total. The monoisotopic (exact) mass is 665 g/mol. The van der Waals surface area contributed by atoms with Crippen LogP contribution < -0.4 is 15.0 Å². The maximum absolute atomic E-state index is 15.0. The summed E-state index contributed by atoms with van der Waals surface area (Å²) >= 11 is 13.1. The lowest BCUT2D eigenvalue weighted by molar-refractivity contribution is 0.200. The number of nitrogens with zero attached hydrogens (tertiary/aromatic N) is 4. The van der Waals surface area contributed by atoms with Crippen molar-refractivity contribution in [2.24, 2.45) is 0 Å². The molecular formula is C35H38Cl2FN5O3. The van der Waals surface area contributed by atoms with Crippen LogP contribution in [0.3, 0.4) is 0 Å². The lowest BCUT2D eigenvalue weighted by Gasteiger charge is -2.32. The van der Waals surface area contributed by atoms with Crippen molar-refractivity contribution in [3.8, 4) is 5.75 Å². The average molecular weight is 667 g/mol. The number of amides is 1. The summed E-state index contributed by atoms with van der Waals surface area (Å²) in [4.78, 5) is 25.4. The van der Waals surface area contributed by atoms with E-state index in [0.29, 0.717) is 27.9 Å². The lowest BCUT2D eigenvalue weighted by Crippen LogP contribution is -2.36. The summed E-state index contributed by atoms with van der Waals surface area (Å²) in [6.07, 6.45) is 4.77. The number of aromatic nitrogens is 2. The summed E-state index contributed by atoms with van der Waals surface area (Å²) in [7, 11) is 0. The normalized spacial score (nSPS) is 14.1. The van der Waals surface area contributed by atoms with Crippen molar-refractivity contribution in [2.75, 3.05) is 36.5 Å². The molecule has 1 saturated heterocycles. The minimum Gasteiger partial charge on any atom is -0.490 e. The molecule has 1 unspecified atom stereocenters. The number of anilines is 3. The quantitative estimate of drug-likeness (QED) is 0.154. The van der Waals surface area contributed by atoms with E-state index in [1.807, 2.05) is 32.9 Å². The molecule has 0 aliphatic carbocycles. The molecule has 1 amide bonds.